The third-order valence-corrected chi connectivity index (χ3v) is 8.16. The Morgan fingerprint density at radius 3 is 2.19 bits per heavy atom. The molecule has 1 unspecified atom stereocenters. The van der Waals surface area contributed by atoms with Crippen LogP contribution in [0, 0.1) is 0 Å². The van der Waals surface area contributed by atoms with Gasteiger partial charge in [0.1, 0.15) is 29.8 Å². The van der Waals surface area contributed by atoms with Crippen LogP contribution in [-0.4, -0.2) is 102 Å². The number of nitrogens with zero attached hydrogens (tertiary/aromatic N) is 2. The van der Waals surface area contributed by atoms with Crippen molar-refractivity contribution in [3.63, 3.8) is 0 Å². The van der Waals surface area contributed by atoms with Crippen LogP contribution in [0.1, 0.15) is 52.8 Å². The highest BCUT2D eigenvalue weighted by Gasteiger charge is 2.54. The summed E-state index contributed by atoms with van der Waals surface area (Å²) in [6.07, 6.45) is -1.32. The molecule has 4 N–H and O–H groups in total. The van der Waals surface area contributed by atoms with Crippen molar-refractivity contribution in [1.29, 1.82) is 0 Å². The van der Waals surface area contributed by atoms with E-state index in [4.69, 9.17) is 9.84 Å². The number of aliphatic carboxylic acids is 3. The highest BCUT2D eigenvalue weighted by molar-refractivity contribution is 8.00. The molecule has 0 aliphatic carbocycles. The topological polar surface area (TPSA) is 225 Å². The number of carbonyl (C=O) groups is 8. The summed E-state index contributed by atoms with van der Waals surface area (Å²) in [6, 6.07) is 3.40. The van der Waals surface area contributed by atoms with E-state index in [9.17, 15) is 48.6 Å². The second kappa shape index (κ2) is 12.4. The summed E-state index contributed by atoms with van der Waals surface area (Å²) in [5.41, 5.74) is -0.0541. The number of esters is 1. The third kappa shape index (κ3) is 5.97. The van der Waals surface area contributed by atoms with Crippen molar-refractivity contribution in [3.05, 3.63) is 46.7 Å². The van der Waals surface area contributed by atoms with E-state index in [0.717, 1.165) is 16.7 Å². The molecule has 1 aromatic carbocycles. The molecule has 0 saturated carbocycles. The van der Waals surface area contributed by atoms with Crippen molar-refractivity contribution in [2.45, 2.75) is 49.6 Å². The molecule has 16 heteroatoms. The number of benzene rings is 1. The molecule has 1 aromatic rings. The number of rotatable bonds is 13. The number of hydrogen-bond donors (Lipinski definition) is 4. The zero-order valence-corrected chi connectivity index (χ0v) is 22.6. The predicted octanol–water partition coefficient (Wildman–Crippen LogP) is 0.0527. The van der Waals surface area contributed by atoms with Crippen LogP contribution >= 0.6 is 11.8 Å². The first-order valence-corrected chi connectivity index (χ1v) is 13.7. The van der Waals surface area contributed by atoms with Gasteiger partial charge in [-0.3, -0.25) is 38.6 Å². The Morgan fingerprint density at radius 2 is 1.62 bits per heavy atom. The fraction of sp³-hybridized carbons (Fsp3) is 0.385. The van der Waals surface area contributed by atoms with E-state index in [1.54, 1.807) is 12.1 Å². The van der Waals surface area contributed by atoms with Crippen LogP contribution < -0.4 is 5.32 Å². The third-order valence-electron chi connectivity index (χ3n) is 6.82. The van der Waals surface area contributed by atoms with Crippen molar-refractivity contribution in [2.24, 2.45) is 0 Å². The molecule has 222 valence electrons. The largest absolute Gasteiger partial charge is 0.481 e. The maximum absolute atomic E-state index is 12.8. The monoisotopic (exact) mass is 603 g/mol. The standard InChI is InChI=1S/C26H25N3O12S/c30-16(7-3-6-15(25(37)38)28-21(34)13-4-1-2-5-14(13)22(28)35)27-19-23(36)29-20(26(39)40)12(11-42-24(19)29)10-41-18(33)9-8-17(31)32/h1-2,4-5,15,19,24H,3,6-11H2,(H,27,30)(H,31,32)(H,37,38)(H,39,40)/t15?,19-,24+/m1/s1. The number of carboxylic acid groups (broad SMARTS) is 3. The first-order valence-electron chi connectivity index (χ1n) is 12.7. The van der Waals surface area contributed by atoms with Crippen LogP contribution in [0.2, 0.25) is 0 Å². The molecule has 15 nitrogen and oxygen atoms in total. The molecule has 1 saturated heterocycles. The lowest BCUT2D eigenvalue weighted by Gasteiger charge is -2.49. The van der Waals surface area contributed by atoms with E-state index in [-0.39, 0.29) is 47.4 Å². The number of nitrogens with one attached hydrogen (secondary N) is 1. The van der Waals surface area contributed by atoms with Crippen LogP contribution in [0.25, 0.3) is 0 Å². The highest BCUT2D eigenvalue weighted by Crippen LogP contribution is 2.40. The highest BCUT2D eigenvalue weighted by atomic mass is 32.2. The molecule has 4 amide bonds. The first kappa shape index (κ1) is 30.2. The molecule has 3 aliphatic heterocycles. The Hall–Kier alpha value is -4.73. The molecule has 3 atom stereocenters. The summed E-state index contributed by atoms with van der Waals surface area (Å²) in [4.78, 5) is 98.5. The summed E-state index contributed by atoms with van der Waals surface area (Å²) in [7, 11) is 0. The van der Waals surface area contributed by atoms with Crippen molar-refractivity contribution in [1.82, 2.24) is 15.1 Å². The van der Waals surface area contributed by atoms with Crippen molar-refractivity contribution in [3.8, 4) is 0 Å². The number of carbonyl (C=O) groups excluding carboxylic acids is 5. The number of amides is 4. The van der Waals surface area contributed by atoms with Crippen LogP contribution in [0.3, 0.4) is 0 Å². The molecule has 3 heterocycles. The SMILES string of the molecule is O=C(O)CCC(=O)OCC1=C(C(=O)O)N2C(=O)[C@@H](NC(=O)CCCC(C(=O)O)N3C(=O)c4ccccc4C3=O)[C@@H]2SC1. The van der Waals surface area contributed by atoms with Crippen LogP contribution in [0.15, 0.2) is 35.5 Å². The van der Waals surface area contributed by atoms with Gasteiger partial charge >= 0.3 is 23.9 Å². The van der Waals surface area contributed by atoms with Gasteiger partial charge in [-0.1, -0.05) is 12.1 Å². The zero-order chi connectivity index (χ0) is 30.7. The summed E-state index contributed by atoms with van der Waals surface area (Å²) in [6.45, 7) is -0.446. The molecule has 4 rings (SSSR count). The van der Waals surface area contributed by atoms with Gasteiger partial charge in [-0.2, -0.15) is 0 Å². The van der Waals surface area contributed by atoms with Gasteiger partial charge in [0.2, 0.25) is 5.91 Å². The van der Waals surface area contributed by atoms with Crippen LogP contribution in [0.5, 0.6) is 0 Å². The second-order valence-electron chi connectivity index (χ2n) is 9.54. The minimum absolute atomic E-state index is 0.0314. The maximum atomic E-state index is 12.8. The molecule has 1 fully saturated rings. The number of ether oxygens (including phenoxy) is 1. The van der Waals surface area contributed by atoms with Crippen LogP contribution in [0.4, 0.5) is 0 Å². The lowest BCUT2D eigenvalue weighted by Crippen LogP contribution is -2.70. The summed E-state index contributed by atoms with van der Waals surface area (Å²) >= 11 is 1.13. The van der Waals surface area contributed by atoms with Gasteiger partial charge in [-0.15, -0.1) is 11.8 Å². The normalized spacial score (nSPS) is 20.0. The molecular formula is C26H25N3O12S. The Bertz CT molecular complexity index is 1390. The van der Waals surface area contributed by atoms with Crippen molar-refractivity contribution in [2.75, 3.05) is 12.4 Å². The molecule has 0 aromatic heterocycles. The zero-order valence-electron chi connectivity index (χ0n) is 21.8. The van der Waals surface area contributed by atoms with Gasteiger partial charge in [0, 0.05) is 17.7 Å². The minimum Gasteiger partial charge on any atom is -0.481 e. The van der Waals surface area contributed by atoms with Crippen LogP contribution in [-0.2, 0) is 33.5 Å². The number of carboxylic acids is 3. The molecule has 42 heavy (non-hydrogen) atoms. The second-order valence-corrected chi connectivity index (χ2v) is 10.6. The average Bonchev–Trinajstić information content (AvgIpc) is 3.20. The lowest BCUT2D eigenvalue weighted by molar-refractivity contribution is -0.151. The van der Waals surface area contributed by atoms with Gasteiger partial charge in [0.15, 0.2) is 0 Å². The van der Waals surface area contributed by atoms with Gasteiger partial charge in [0.25, 0.3) is 17.7 Å². The summed E-state index contributed by atoms with van der Waals surface area (Å²) < 4.78 is 4.96. The Kier molecular flexibility index (Phi) is 8.94. The number of hydrogen-bond acceptors (Lipinski definition) is 10. The number of thioether (sulfide) groups is 1. The van der Waals surface area contributed by atoms with Crippen molar-refractivity contribution >= 4 is 59.3 Å². The fourth-order valence-corrected chi connectivity index (χ4v) is 6.13. The number of β-lactam (4-membered cyclic amide) rings is 1. The first-order chi connectivity index (χ1) is 19.9. The predicted molar refractivity (Wildman–Crippen MR) is 140 cm³/mol. The molecule has 0 spiro atoms. The van der Waals surface area contributed by atoms with E-state index in [1.807, 2.05) is 0 Å². The molecule has 0 bridgehead atoms. The number of fused-ring (bicyclic) bond motifs is 2. The van der Waals surface area contributed by atoms with E-state index >= 15 is 0 Å². The Balaban J connectivity index is 1.31. The molecule has 3 aliphatic rings. The van der Waals surface area contributed by atoms with Gasteiger partial charge in [-0.05, 0) is 25.0 Å². The minimum atomic E-state index is -1.50. The fourth-order valence-electron chi connectivity index (χ4n) is 4.80. The average molecular weight is 604 g/mol. The van der Waals surface area contributed by atoms with Gasteiger partial charge < -0.3 is 25.4 Å². The number of imide groups is 1. The van der Waals surface area contributed by atoms with E-state index in [0.29, 0.717) is 4.90 Å². The summed E-state index contributed by atoms with van der Waals surface area (Å²) in [5.74, 6) is -7.62. The molecular weight excluding hydrogens is 578 g/mol. The molecule has 0 radical (unpaired) electrons. The van der Waals surface area contributed by atoms with E-state index in [2.05, 4.69) is 5.32 Å². The van der Waals surface area contributed by atoms with Gasteiger partial charge in [0.05, 0.1) is 24.0 Å². The lowest BCUT2D eigenvalue weighted by atomic mass is 10.0. The smallest absolute Gasteiger partial charge is 0.352 e. The van der Waals surface area contributed by atoms with Crippen molar-refractivity contribution < 1.29 is 58.4 Å². The quantitative estimate of drug-likeness (QED) is 0.133. The Labute approximate surface area is 241 Å². The van der Waals surface area contributed by atoms with E-state index < -0.39 is 84.4 Å². The summed E-state index contributed by atoms with van der Waals surface area (Å²) in [5, 5.41) is 29.8. The van der Waals surface area contributed by atoms with Gasteiger partial charge in [-0.25, -0.2) is 9.59 Å². The Morgan fingerprint density at radius 1 is 0.976 bits per heavy atom. The van der Waals surface area contributed by atoms with E-state index in [1.165, 1.54) is 12.1 Å². The maximum Gasteiger partial charge on any atom is 0.352 e.